The maximum Gasteiger partial charge on any atom is 0.339 e. The van der Waals surface area contributed by atoms with Gasteiger partial charge in [0.2, 0.25) is 10.3 Å². The lowest BCUT2D eigenvalue weighted by Gasteiger charge is -2.12. The molecule has 0 aliphatic heterocycles. The third kappa shape index (κ3) is 6.57. The molecule has 2 aromatic carbocycles. The van der Waals surface area contributed by atoms with Crippen molar-refractivity contribution in [3.8, 4) is 17.6 Å². The Morgan fingerprint density at radius 2 is 1.97 bits per heavy atom. The first-order valence-corrected chi connectivity index (χ1v) is 13.2. The van der Waals surface area contributed by atoms with Crippen LogP contribution in [0.1, 0.15) is 19.4 Å². The van der Waals surface area contributed by atoms with E-state index in [1.54, 1.807) is 25.1 Å². The Labute approximate surface area is 205 Å². The van der Waals surface area contributed by atoms with E-state index in [9.17, 15) is 18.5 Å². The van der Waals surface area contributed by atoms with E-state index >= 15 is 0 Å². The number of carbonyl (C=O) groups excluding carboxylic acids is 1. The molecule has 0 aliphatic rings. The fourth-order valence-corrected chi connectivity index (χ4v) is 4.86. The molecule has 3 aromatic rings. The van der Waals surface area contributed by atoms with Crippen molar-refractivity contribution in [2.24, 2.45) is 0 Å². The highest BCUT2D eigenvalue weighted by Crippen LogP contribution is 2.32. The quantitative estimate of drug-likeness (QED) is 0.181. The molecule has 0 radical (unpaired) electrons. The van der Waals surface area contributed by atoms with Gasteiger partial charge in [0.25, 0.3) is 5.91 Å². The van der Waals surface area contributed by atoms with Gasteiger partial charge in [-0.15, -0.1) is 0 Å². The molecule has 0 aliphatic carbocycles. The van der Waals surface area contributed by atoms with E-state index in [0.717, 1.165) is 17.3 Å². The van der Waals surface area contributed by atoms with Gasteiger partial charge in [0, 0.05) is 11.5 Å². The van der Waals surface area contributed by atoms with E-state index in [0.29, 0.717) is 10.7 Å². The summed E-state index contributed by atoms with van der Waals surface area (Å²) in [4.78, 5) is 16.7. The topological polar surface area (TPSA) is 131 Å². The van der Waals surface area contributed by atoms with Gasteiger partial charge < -0.3 is 8.92 Å². The minimum atomic E-state index is -4.07. The lowest BCUT2D eigenvalue weighted by atomic mass is 10.1. The molecule has 34 heavy (non-hydrogen) atoms. The molecule has 1 aromatic heterocycles. The van der Waals surface area contributed by atoms with Crippen LogP contribution in [-0.4, -0.2) is 36.0 Å². The van der Waals surface area contributed by atoms with Crippen molar-refractivity contribution in [3.63, 3.8) is 0 Å². The lowest BCUT2D eigenvalue weighted by Crippen LogP contribution is -2.13. The standard InChI is InChI=1S/C22H20N4O5S3/c1-3-30-19-13-15(10-11-18(19)31-34(28,29)17-8-6-5-7-9-17)12-16(14-23)20(27)24-21-25-22(26-33-21)32-4-2/h5-13H,3-4H2,1-2H3,(H,24,25,26,27)/b16-12-. The molecular formula is C22H20N4O5S3. The summed E-state index contributed by atoms with van der Waals surface area (Å²) in [5.41, 5.74) is 0.270. The average Bonchev–Trinajstić information content (AvgIpc) is 3.26. The summed E-state index contributed by atoms with van der Waals surface area (Å²) in [6.07, 6.45) is 1.36. The number of carbonyl (C=O) groups is 1. The van der Waals surface area contributed by atoms with Gasteiger partial charge in [0.05, 0.1) is 6.61 Å². The lowest BCUT2D eigenvalue weighted by molar-refractivity contribution is -0.112. The average molecular weight is 517 g/mol. The van der Waals surface area contributed by atoms with Crippen LogP contribution in [0.5, 0.6) is 11.5 Å². The second-order valence-electron chi connectivity index (χ2n) is 6.43. The molecule has 0 fully saturated rings. The maximum atomic E-state index is 12.6. The maximum absolute atomic E-state index is 12.6. The van der Waals surface area contributed by atoms with Crippen LogP contribution in [-0.2, 0) is 14.9 Å². The Morgan fingerprint density at radius 1 is 1.21 bits per heavy atom. The fourth-order valence-electron chi connectivity index (χ4n) is 2.63. The van der Waals surface area contributed by atoms with Gasteiger partial charge in [-0.2, -0.15) is 23.0 Å². The van der Waals surface area contributed by atoms with Crippen molar-refractivity contribution >= 4 is 50.5 Å². The van der Waals surface area contributed by atoms with E-state index in [4.69, 9.17) is 8.92 Å². The molecule has 1 N–H and O–H groups in total. The predicted octanol–water partition coefficient (Wildman–Crippen LogP) is 4.36. The van der Waals surface area contributed by atoms with E-state index in [-0.39, 0.29) is 33.7 Å². The molecule has 0 atom stereocenters. The van der Waals surface area contributed by atoms with Crippen LogP contribution in [0.4, 0.5) is 5.13 Å². The molecule has 176 valence electrons. The predicted molar refractivity (Wildman–Crippen MR) is 130 cm³/mol. The van der Waals surface area contributed by atoms with Crippen LogP contribution in [0.3, 0.4) is 0 Å². The number of nitriles is 1. The molecule has 3 rings (SSSR count). The number of amides is 1. The summed E-state index contributed by atoms with van der Waals surface area (Å²) < 4.78 is 40.1. The Kier molecular flexibility index (Phi) is 8.64. The number of nitrogens with zero attached hydrogens (tertiary/aromatic N) is 3. The minimum absolute atomic E-state index is 0.00188. The third-order valence-corrected chi connectivity index (χ3v) is 6.80. The molecular weight excluding hydrogens is 496 g/mol. The van der Waals surface area contributed by atoms with Crippen LogP contribution in [0.15, 0.2) is 64.2 Å². The highest BCUT2D eigenvalue weighted by Gasteiger charge is 2.19. The van der Waals surface area contributed by atoms with Crippen molar-refractivity contribution in [1.82, 2.24) is 9.36 Å². The number of thioether (sulfide) groups is 1. The minimum Gasteiger partial charge on any atom is -0.490 e. The van der Waals surface area contributed by atoms with Gasteiger partial charge in [0.1, 0.15) is 16.5 Å². The number of aromatic nitrogens is 2. The SMILES string of the molecule is CCOc1cc(/C=C(/C#N)C(=O)Nc2nc(SCC)ns2)ccc1OS(=O)(=O)c1ccccc1. The van der Waals surface area contributed by atoms with Gasteiger partial charge in [-0.1, -0.05) is 43.0 Å². The summed E-state index contributed by atoms with van der Waals surface area (Å²) in [5, 5.41) is 12.9. The van der Waals surface area contributed by atoms with Crippen LogP contribution in [0.2, 0.25) is 0 Å². The Hall–Kier alpha value is -3.40. The van der Waals surface area contributed by atoms with E-state index in [1.807, 2.05) is 13.0 Å². The second kappa shape index (κ2) is 11.6. The highest BCUT2D eigenvalue weighted by atomic mass is 32.2. The number of hydrogen-bond acceptors (Lipinski definition) is 10. The van der Waals surface area contributed by atoms with Crippen molar-refractivity contribution in [3.05, 3.63) is 59.7 Å². The first-order chi connectivity index (χ1) is 16.4. The summed E-state index contributed by atoms with van der Waals surface area (Å²) in [6, 6.07) is 14.0. The summed E-state index contributed by atoms with van der Waals surface area (Å²) in [5.74, 6) is 0.290. The van der Waals surface area contributed by atoms with Crippen LogP contribution in [0.25, 0.3) is 6.08 Å². The van der Waals surface area contributed by atoms with E-state index in [2.05, 4.69) is 14.7 Å². The zero-order valence-corrected chi connectivity index (χ0v) is 20.7. The van der Waals surface area contributed by atoms with Crippen molar-refractivity contribution in [1.29, 1.82) is 5.26 Å². The first-order valence-electron chi connectivity index (χ1n) is 10.0. The smallest absolute Gasteiger partial charge is 0.339 e. The number of benzene rings is 2. The largest absolute Gasteiger partial charge is 0.490 e. The zero-order valence-electron chi connectivity index (χ0n) is 18.2. The number of hydrogen-bond donors (Lipinski definition) is 1. The molecule has 12 heteroatoms. The van der Waals surface area contributed by atoms with Crippen molar-refractivity contribution in [2.75, 3.05) is 17.7 Å². The normalized spacial score (nSPS) is 11.5. The third-order valence-electron chi connectivity index (χ3n) is 4.08. The van der Waals surface area contributed by atoms with Crippen molar-refractivity contribution in [2.45, 2.75) is 23.9 Å². The number of ether oxygens (including phenoxy) is 1. The van der Waals surface area contributed by atoms with Gasteiger partial charge in [-0.3, -0.25) is 10.1 Å². The molecule has 9 nitrogen and oxygen atoms in total. The second-order valence-corrected chi connectivity index (χ2v) is 9.96. The van der Waals surface area contributed by atoms with Gasteiger partial charge in [0.15, 0.2) is 11.5 Å². The first kappa shape index (κ1) is 25.2. The summed E-state index contributed by atoms with van der Waals surface area (Å²) >= 11 is 2.46. The highest BCUT2D eigenvalue weighted by molar-refractivity contribution is 7.99. The molecule has 0 saturated carbocycles. The molecule has 1 heterocycles. The Morgan fingerprint density at radius 3 is 2.65 bits per heavy atom. The molecule has 0 spiro atoms. The Balaban J connectivity index is 1.83. The molecule has 0 unspecified atom stereocenters. The number of nitrogens with one attached hydrogen (secondary N) is 1. The van der Waals surface area contributed by atoms with Gasteiger partial charge >= 0.3 is 10.1 Å². The fraction of sp³-hybridized carbons (Fsp3) is 0.182. The van der Waals surface area contributed by atoms with Crippen LogP contribution >= 0.6 is 23.3 Å². The summed E-state index contributed by atoms with van der Waals surface area (Å²) in [6.45, 7) is 3.94. The van der Waals surface area contributed by atoms with Gasteiger partial charge in [-0.05, 0) is 48.6 Å². The molecule has 1 amide bonds. The molecule has 0 bridgehead atoms. The van der Waals surface area contributed by atoms with Gasteiger partial charge in [-0.25, -0.2) is 0 Å². The van der Waals surface area contributed by atoms with E-state index in [1.165, 1.54) is 48.2 Å². The monoisotopic (exact) mass is 516 g/mol. The zero-order chi connectivity index (χ0) is 24.6. The van der Waals surface area contributed by atoms with E-state index < -0.39 is 16.0 Å². The molecule has 0 saturated heterocycles. The van der Waals surface area contributed by atoms with Crippen LogP contribution in [0, 0.1) is 11.3 Å². The Bertz CT molecular complexity index is 1330. The number of anilines is 1. The number of rotatable bonds is 10. The summed E-state index contributed by atoms with van der Waals surface area (Å²) in [7, 11) is -4.07. The van der Waals surface area contributed by atoms with Crippen molar-refractivity contribution < 1.29 is 22.1 Å². The van der Waals surface area contributed by atoms with Crippen LogP contribution < -0.4 is 14.2 Å².